The second-order valence-corrected chi connectivity index (χ2v) is 17.1. The Morgan fingerprint density at radius 2 is 0.600 bits per heavy atom. The van der Waals surface area contributed by atoms with E-state index in [1.54, 1.807) is 0 Å². The molecule has 0 fully saturated rings. The highest BCUT2D eigenvalue weighted by Crippen LogP contribution is 2.38. The quantitative estimate of drug-likeness (QED) is 0.129. The number of fused-ring (bicyclic) bond motifs is 1. The van der Waals surface area contributed by atoms with Gasteiger partial charge in [-0.1, -0.05) is 200 Å². The molecule has 12 aromatic rings. The third kappa shape index (κ3) is 8.42. The van der Waals surface area contributed by atoms with Crippen LogP contribution in [-0.4, -0.2) is 24.5 Å². The van der Waals surface area contributed by atoms with E-state index in [9.17, 15) is 0 Å². The van der Waals surface area contributed by atoms with Crippen LogP contribution in [0, 0.1) is 0 Å². The molecule has 0 saturated carbocycles. The summed E-state index contributed by atoms with van der Waals surface area (Å²) in [6.45, 7) is 0. The maximum absolute atomic E-state index is 5.14. The number of rotatable bonds is 11. The highest BCUT2D eigenvalue weighted by atomic mass is 15.1. The van der Waals surface area contributed by atoms with Crippen LogP contribution in [-0.2, 0) is 0 Å². The number of nitrogens with zero attached hydrogens (tertiary/aromatic N) is 6. The van der Waals surface area contributed by atoms with Crippen LogP contribution >= 0.6 is 0 Å². The molecule has 0 amide bonds. The maximum atomic E-state index is 5.14. The molecule has 6 heteroatoms. The van der Waals surface area contributed by atoms with Crippen LogP contribution in [0.1, 0.15) is 0 Å². The molecule has 2 heterocycles. The largest absolute Gasteiger partial charge is 0.311 e. The molecule has 0 unspecified atom stereocenters. The van der Waals surface area contributed by atoms with Crippen LogP contribution in [0.4, 0.5) is 17.1 Å². The predicted molar refractivity (Wildman–Crippen MR) is 287 cm³/mol. The van der Waals surface area contributed by atoms with Crippen molar-refractivity contribution >= 4 is 28.1 Å². The average molecular weight is 897 g/mol. The number of aromatic nitrogens is 5. The van der Waals surface area contributed by atoms with Gasteiger partial charge in [0.05, 0.1) is 11.0 Å². The number of hydrogen-bond acceptors (Lipinski definition) is 5. The average Bonchev–Trinajstić information content (AvgIpc) is 3.85. The smallest absolute Gasteiger partial charge is 0.164 e. The number of benzene rings is 10. The number of para-hydroxylation sites is 3. The summed E-state index contributed by atoms with van der Waals surface area (Å²) in [7, 11) is 0. The van der Waals surface area contributed by atoms with Crippen LogP contribution in [0.2, 0.25) is 0 Å². The zero-order chi connectivity index (χ0) is 46.6. The Morgan fingerprint density at radius 1 is 0.257 bits per heavy atom. The summed E-state index contributed by atoms with van der Waals surface area (Å²) in [5.41, 5.74) is 16.8. The van der Waals surface area contributed by atoms with Crippen LogP contribution in [0.25, 0.3) is 95.7 Å². The molecule has 6 nitrogen and oxygen atoms in total. The highest BCUT2D eigenvalue weighted by molar-refractivity contribution is 5.85. The predicted octanol–water partition coefficient (Wildman–Crippen LogP) is 16.3. The Bertz CT molecular complexity index is 3620. The highest BCUT2D eigenvalue weighted by Gasteiger charge is 2.18. The first kappa shape index (κ1) is 41.9. The van der Waals surface area contributed by atoms with Crippen LogP contribution in [0.3, 0.4) is 0 Å². The fourth-order valence-electron chi connectivity index (χ4n) is 9.13. The van der Waals surface area contributed by atoms with E-state index in [-0.39, 0.29) is 0 Å². The van der Waals surface area contributed by atoms with Crippen molar-refractivity contribution in [3.8, 4) is 84.6 Å². The van der Waals surface area contributed by atoms with E-state index < -0.39 is 0 Å². The second-order valence-electron chi connectivity index (χ2n) is 17.1. The van der Waals surface area contributed by atoms with E-state index in [1.807, 2.05) is 48.5 Å². The zero-order valence-electron chi connectivity index (χ0n) is 38.1. The summed E-state index contributed by atoms with van der Waals surface area (Å²) in [5, 5.41) is 0. The Hall–Kier alpha value is -9.52. The van der Waals surface area contributed by atoms with Gasteiger partial charge in [-0.15, -0.1) is 0 Å². The lowest BCUT2D eigenvalue weighted by molar-refractivity contribution is 1.07. The lowest BCUT2D eigenvalue weighted by atomic mass is 10.0. The van der Waals surface area contributed by atoms with Gasteiger partial charge >= 0.3 is 0 Å². The van der Waals surface area contributed by atoms with Gasteiger partial charge in [0.2, 0.25) is 0 Å². The van der Waals surface area contributed by atoms with Crippen molar-refractivity contribution in [3.05, 3.63) is 267 Å². The molecule has 2 aromatic heterocycles. The fourth-order valence-corrected chi connectivity index (χ4v) is 9.13. The first-order valence-electron chi connectivity index (χ1n) is 23.5. The van der Waals surface area contributed by atoms with Crippen molar-refractivity contribution in [1.29, 1.82) is 0 Å². The van der Waals surface area contributed by atoms with E-state index in [0.29, 0.717) is 17.5 Å². The van der Waals surface area contributed by atoms with Gasteiger partial charge in [-0.3, -0.25) is 4.57 Å². The molecular formula is C64H44N6. The van der Waals surface area contributed by atoms with Gasteiger partial charge in [-0.05, 0) is 100 Å². The molecule has 0 atom stereocenters. The molecule has 0 radical (unpaired) electrons. The summed E-state index contributed by atoms with van der Waals surface area (Å²) in [6, 6.07) is 93.0. The third-order valence-corrected chi connectivity index (χ3v) is 12.7. The van der Waals surface area contributed by atoms with Crippen molar-refractivity contribution in [1.82, 2.24) is 24.5 Å². The SMILES string of the molecule is c1ccc(-c2ccc(N(c3ccc(-c4ccccc4)cc3)c3ccc(-c4ccc(-c5nc(-c6ccccc6)nc(-c6cccc(-c7nc8ccccc8n7-c7ccccc7)c6)n5)cc4)cc3)cc2)cc1. The first-order valence-corrected chi connectivity index (χ1v) is 23.5. The van der Waals surface area contributed by atoms with Crippen LogP contribution in [0.15, 0.2) is 267 Å². The van der Waals surface area contributed by atoms with Gasteiger partial charge in [0.1, 0.15) is 5.82 Å². The van der Waals surface area contributed by atoms with Crippen molar-refractivity contribution in [2.75, 3.05) is 4.90 Å². The third-order valence-electron chi connectivity index (χ3n) is 12.7. The van der Waals surface area contributed by atoms with Crippen LogP contribution < -0.4 is 4.90 Å². The molecule has 10 aromatic carbocycles. The Balaban J connectivity index is 0.869. The summed E-state index contributed by atoms with van der Waals surface area (Å²) in [5.74, 6) is 2.64. The minimum absolute atomic E-state index is 0.585. The molecule has 0 aliphatic carbocycles. The van der Waals surface area contributed by atoms with Gasteiger partial charge in [0, 0.05) is 45.0 Å². The van der Waals surface area contributed by atoms with E-state index >= 15 is 0 Å². The maximum Gasteiger partial charge on any atom is 0.164 e. The first-order chi connectivity index (χ1) is 34.7. The molecule has 12 rings (SSSR count). The van der Waals surface area contributed by atoms with Crippen molar-refractivity contribution < 1.29 is 0 Å². The van der Waals surface area contributed by atoms with Crippen molar-refractivity contribution in [2.45, 2.75) is 0 Å². The Labute approximate surface area is 407 Å². The van der Waals surface area contributed by atoms with Gasteiger partial charge in [-0.2, -0.15) is 0 Å². The van der Waals surface area contributed by atoms with Crippen molar-refractivity contribution in [3.63, 3.8) is 0 Å². The molecular weight excluding hydrogens is 853 g/mol. The minimum atomic E-state index is 0.585. The van der Waals surface area contributed by atoms with Crippen molar-refractivity contribution in [2.24, 2.45) is 0 Å². The number of hydrogen-bond donors (Lipinski definition) is 0. The standard InChI is InChI=1S/C64H44N6/c1-5-16-45(17-6-1)48-32-38-56(39-33-48)69(57-40-34-49(35-41-57)46-18-7-2-8-19-46)58-42-36-50(37-43-58)47-28-30-52(31-29-47)62-66-61(51-20-9-3-10-21-51)67-63(68-62)53-22-15-23-54(44-53)64-65-59-26-13-14-27-60(59)70(64)55-24-11-4-12-25-55/h1-44H. The van der Waals surface area contributed by atoms with E-state index in [2.05, 4.69) is 228 Å². The van der Waals surface area contributed by atoms with Gasteiger partial charge in [0.15, 0.2) is 17.5 Å². The summed E-state index contributed by atoms with van der Waals surface area (Å²) in [6.07, 6.45) is 0. The van der Waals surface area contributed by atoms with Gasteiger partial charge < -0.3 is 4.90 Å². The summed E-state index contributed by atoms with van der Waals surface area (Å²) >= 11 is 0. The van der Waals surface area contributed by atoms with Crippen LogP contribution in [0.5, 0.6) is 0 Å². The second kappa shape index (κ2) is 18.6. The lowest BCUT2D eigenvalue weighted by Crippen LogP contribution is -2.09. The number of imidazole rings is 1. The molecule has 0 aliphatic heterocycles. The Kier molecular flexibility index (Phi) is 11.1. The normalized spacial score (nSPS) is 11.1. The van der Waals surface area contributed by atoms with E-state index in [1.165, 1.54) is 22.3 Å². The Morgan fingerprint density at radius 3 is 1.10 bits per heavy atom. The molecule has 0 bridgehead atoms. The molecule has 70 heavy (non-hydrogen) atoms. The monoisotopic (exact) mass is 896 g/mol. The molecule has 0 spiro atoms. The zero-order valence-corrected chi connectivity index (χ0v) is 38.1. The summed E-state index contributed by atoms with van der Waals surface area (Å²) < 4.78 is 2.21. The molecule has 0 N–H and O–H groups in total. The van der Waals surface area contributed by atoms with Gasteiger partial charge in [0.25, 0.3) is 0 Å². The topological polar surface area (TPSA) is 59.7 Å². The number of anilines is 3. The fraction of sp³-hybridized carbons (Fsp3) is 0. The van der Waals surface area contributed by atoms with E-state index in [0.717, 1.165) is 73.0 Å². The summed E-state index contributed by atoms with van der Waals surface area (Å²) in [4.78, 5) is 22.7. The lowest BCUT2D eigenvalue weighted by Gasteiger charge is -2.26. The molecule has 0 aliphatic rings. The molecule has 330 valence electrons. The van der Waals surface area contributed by atoms with E-state index in [4.69, 9.17) is 19.9 Å². The van der Waals surface area contributed by atoms with Gasteiger partial charge in [-0.25, -0.2) is 19.9 Å². The molecule has 0 saturated heterocycles. The minimum Gasteiger partial charge on any atom is -0.311 e.